The number of nitrogens with one attached hydrogen (secondary N) is 1. The minimum absolute atomic E-state index is 0.283. The van der Waals surface area contributed by atoms with E-state index >= 15 is 0 Å². The van der Waals surface area contributed by atoms with Crippen molar-refractivity contribution in [3.63, 3.8) is 0 Å². The predicted molar refractivity (Wildman–Crippen MR) is 114 cm³/mol. The Morgan fingerprint density at radius 1 is 1.25 bits per heavy atom. The molecule has 0 unspecified atom stereocenters. The average Bonchev–Trinajstić information content (AvgIpc) is 3.26. The summed E-state index contributed by atoms with van der Waals surface area (Å²) in [6.45, 7) is 2.69. The number of ether oxygens (including phenoxy) is 1. The van der Waals surface area contributed by atoms with Gasteiger partial charge in [-0.3, -0.25) is 0 Å². The molecule has 0 saturated carbocycles. The van der Waals surface area contributed by atoms with Crippen molar-refractivity contribution in [3.05, 3.63) is 58.3 Å². The maximum absolute atomic E-state index is 12.0. The van der Waals surface area contributed by atoms with Gasteiger partial charge in [0.1, 0.15) is 5.82 Å². The molecule has 3 heterocycles. The van der Waals surface area contributed by atoms with Crippen LogP contribution in [-0.4, -0.2) is 36.1 Å². The molecule has 7 heteroatoms. The van der Waals surface area contributed by atoms with Crippen LogP contribution in [-0.2, 0) is 11.3 Å². The molecule has 1 N–H and O–H groups in total. The van der Waals surface area contributed by atoms with Crippen LogP contribution in [0.5, 0.6) is 0 Å². The van der Waals surface area contributed by atoms with Crippen molar-refractivity contribution < 1.29 is 9.53 Å². The van der Waals surface area contributed by atoms with Gasteiger partial charge in [0.25, 0.3) is 0 Å². The lowest BCUT2D eigenvalue weighted by molar-refractivity contribution is 0.0594. The van der Waals surface area contributed by atoms with Crippen molar-refractivity contribution in [2.24, 2.45) is 0 Å². The van der Waals surface area contributed by atoms with Crippen LogP contribution in [0.4, 0.5) is 11.5 Å². The first-order chi connectivity index (χ1) is 13.7. The third kappa shape index (κ3) is 3.80. The molecule has 6 nitrogen and oxygen atoms in total. The van der Waals surface area contributed by atoms with Gasteiger partial charge >= 0.3 is 5.97 Å². The van der Waals surface area contributed by atoms with E-state index < -0.39 is 5.97 Å². The van der Waals surface area contributed by atoms with E-state index in [2.05, 4.69) is 42.2 Å². The van der Waals surface area contributed by atoms with Crippen molar-refractivity contribution in [2.45, 2.75) is 19.4 Å². The standard InChI is InChI=1S/C21H21BrN4O2/c1-28-21(27)19-12-18(16-11-15(22)6-7-17(16)25-19)24-13-14-5-4-8-23-20(14)26-9-2-3-10-26/h4-8,11-12H,2-3,9-10,13H2,1H3,(H,24,25). The summed E-state index contributed by atoms with van der Waals surface area (Å²) in [5, 5.41) is 4.42. The fourth-order valence-electron chi connectivity index (χ4n) is 3.53. The molecule has 1 aliphatic heterocycles. The monoisotopic (exact) mass is 440 g/mol. The number of carbonyl (C=O) groups is 1. The zero-order valence-corrected chi connectivity index (χ0v) is 17.2. The van der Waals surface area contributed by atoms with Gasteiger partial charge in [0.15, 0.2) is 5.69 Å². The number of fused-ring (bicyclic) bond motifs is 1. The molecular weight excluding hydrogens is 420 g/mol. The van der Waals surface area contributed by atoms with Crippen LogP contribution in [0.25, 0.3) is 10.9 Å². The van der Waals surface area contributed by atoms with Gasteiger partial charge in [-0.25, -0.2) is 14.8 Å². The summed E-state index contributed by atoms with van der Waals surface area (Å²) in [5.74, 6) is 0.576. The molecule has 28 heavy (non-hydrogen) atoms. The highest BCUT2D eigenvalue weighted by Gasteiger charge is 2.17. The summed E-state index contributed by atoms with van der Waals surface area (Å²) in [4.78, 5) is 23.4. The maximum atomic E-state index is 12.0. The summed E-state index contributed by atoms with van der Waals surface area (Å²) >= 11 is 3.52. The number of halogens is 1. The molecule has 0 amide bonds. The Balaban J connectivity index is 1.68. The van der Waals surface area contributed by atoms with E-state index in [4.69, 9.17) is 4.74 Å². The van der Waals surface area contributed by atoms with Gasteiger partial charge in [-0.2, -0.15) is 0 Å². The molecule has 0 atom stereocenters. The third-order valence-corrected chi connectivity index (χ3v) is 5.40. The zero-order valence-electron chi connectivity index (χ0n) is 15.6. The molecule has 144 valence electrons. The minimum atomic E-state index is -0.452. The molecule has 2 aromatic heterocycles. The maximum Gasteiger partial charge on any atom is 0.356 e. The molecule has 0 bridgehead atoms. The van der Waals surface area contributed by atoms with E-state index in [9.17, 15) is 4.79 Å². The lowest BCUT2D eigenvalue weighted by atomic mass is 10.1. The molecule has 1 fully saturated rings. The fourth-order valence-corrected chi connectivity index (χ4v) is 3.89. The number of aromatic nitrogens is 2. The number of nitrogens with zero attached hydrogens (tertiary/aromatic N) is 3. The number of hydrogen-bond acceptors (Lipinski definition) is 6. The Kier molecular flexibility index (Phi) is 5.43. The summed E-state index contributed by atoms with van der Waals surface area (Å²) < 4.78 is 5.81. The number of hydrogen-bond donors (Lipinski definition) is 1. The van der Waals surface area contributed by atoms with Crippen molar-refractivity contribution in [3.8, 4) is 0 Å². The lowest BCUT2D eigenvalue weighted by Crippen LogP contribution is -2.21. The second-order valence-corrected chi connectivity index (χ2v) is 7.66. The van der Waals surface area contributed by atoms with Crippen LogP contribution < -0.4 is 10.2 Å². The number of anilines is 2. The van der Waals surface area contributed by atoms with Crippen LogP contribution in [0.2, 0.25) is 0 Å². The second-order valence-electron chi connectivity index (χ2n) is 6.74. The van der Waals surface area contributed by atoms with Gasteiger partial charge in [0.05, 0.1) is 12.6 Å². The fraction of sp³-hybridized carbons (Fsp3) is 0.286. The lowest BCUT2D eigenvalue weighted by Gasteiger charge is -2.20. The van der Waals surface area contributed by atoms with Crippen molar-refractivity contribution in [1.82, 2.24) is 9.97 Å². The smallest absolute Gasteiger partial charge is 0.356 e. The van der Waals surface area contributed by atoms with E-state index in [0.717, 1.165) is 45.5 Å². The van der Waals surface area contributed by atoms with Gasteiger partial charge in [0.2, 0.25) is 0 Å². The molecular formula is C21H21BrN4O2. The number of esters is 1. The first kappa shape index (κ1) is 18.7. The van der Waals surface area contributed by atoms with E-state index in [1.807, 2.05) is 30.5 Å². The molecule has 0 spiro atoms. The summed E-state index contributed by atoms with van der Waals surface area (Å²) in [6, 6.07) is 11.6. The Hall–Kier alpha value is -2.67. The number of pyridine rings is 2. The Bertz CT molecular complexity index is 1020. The molecule has 1 aliphatic rings. The average molecular weight is 441 g/mol. The van der Waals surface area contributed by atoms with Crippen LogP contribution in [0.3, 0.4) is 0 Å². The van der Waals surface area contributed by atoms with Gasteiger partial charge in [-0.1, -0.05) is 22.0 Å². The van der Waals surface area contributed by atoms with Crippen molar-refractivity contribution in [1.29, 1.82) is 0 Å². The highest BCUT2D eigenvalue weighted by atomic mass is 79.9. The topological polar surface area (TPSA) is 67.3 Å². The number of rotatable bonds is 5. The van der Waals surface area contributed by atoms with Gasteiger partial charge in [0, 0.05) is 46.9 Å². The van der Waals surface area contributed by atoms with Crippen molar-refractivity contribution in [2.75, 3.05) is 30.4 Å². The first-order valence-corrected chi connectivity index (χ1v) is 10.1. The summed E-state index contributed by atoms with van der Waals surface area (Å²) in [6.07, 6.45) is 4.25. The second kappa shape index (κ2) is 8.14. The molecule has 1 saturated heterocycles. The summed E-state index contributed by atoms with van der Waals surface area (Å²) in [5.41, 5.74) is 2.98. The van der Waals surface area contributed by atoms with Crippen LogP contribution in [0, 0.1) is 0 Å². The van der Waals surface area contributed by atoms with Gasteiger partial charge in [-0.15, -0.1) is 0 Å². The highest BCUT2D eigenvalue weighted by Crippen LogP contribution is 2.28. The largest absolute Gasteiger partial charge is 0.464 e. The molecule has 0 aliphatic carbocycles. The first-order valence-electron chi connectivity index (χ1n) is 9.27. The minimum Gasteiger partial charge on any atom is -0.464 e. The normalized spacial score (nSPS) is 13.7. The quantitative estimate of drug-likeness (QED) is 0.593. The SMILES string of the molecule is COC(=O)c1cc(NCc2cccnc2N2CCCC2)c2cc(Br)ccc2n1. The van der Waals surface area contributed by atoms with E-state index in [0.29, 0.717) is 6.54 Å². The number of methoxy groups -OCH3 is 1. The Morgan fingerprint density at radius 3 is 2.86 bits per heavy atom. The molecule has 3 aromatic rings. The molecule has 1 aromatic carbocycles. The predicted octanol–water partition coefficient (Wildman–Crippen LogP) is 4.39. The van der Waals surface area contributed by atoms with E-state index in [-0.39, 0.29) is 5.69 Å². The Labute approximate surface area is 172 Å². The number of benzene rings is 1. The highest BCUT2D eigenvalue weighted by molar-refractivity contribution is 9.10. The Morgan fingerprint density at radius 2 is 2.07 bits per heavy atom. The van der Waals surface area contributed by atoms with Crippen molar-refractivity contribution >= 4 is 44.3 Å². The van der Waals surface area contributed by atoms with Gasteiger partial charge in [-0.05, 0) is 43.2 Å². The van der Waals surface area contributed by atoms with E-state index in [1.54, 1.807) is 6.07 Å². The summed E-state index contributed by atoms with van der Waals surface area (Å²) in [7, 11) is 1.36. The van der Waals surface area contributed by atoms with Crippen LogP contribution in [0.15, 0.2) is 47.1 Å². The third-order valence-electron chi connectivity index (χ3n) is 4.91. The number of carbonyl (C=O) groups excluding carboxylic acids is 1. The zero-order chi connectivity index (χ0) is 19.5. The molecule has 0 radical (unpaired) electrons. The van der Waals surface area contributed by atoms with Gasteiger partial charge < -0.3 is 15.0 Å². The van der Waals surface area contributed by atoms with Crippen LogP contribution >= 0.6 is 15.9 Å². The molecule has 4 rings (SSSR count). The van der Waals surface area contributed by atoms with Crippen LogP contribution in [0.1, 0.15) is 28.9 Å². The van der Waals surface area contributed by atoms with E-state index in [1.165, 1.54) is 20.0 Å².